The lowest BCUT2D eigenvalue weighted by Gasteiger charge is -2.00. The summed E-state index contributed by atoms with van der Waals surface area (Å²) in [6.45, 7) is 0. The minimum atomic E-state index is 0.274. The Morgan fingerprint density at radius 2 is 1.87 bits per heavy atom. The number of hydrogen-bond donors (Lipinski definition) is 0. The summed E-state index contributed by atoms with van der Waals surface area (Å²) in [5.41, 5.74) is 0. The van der Waals surface area contributed by atoms with Gasteiger partial charge in [0.1, 0.15) is 0 Å². The predicted molar refractivity (Wildman–Crippen MR) is 69.6 cm³/mol. The Bertz CT molecular complexity index is 287. The molecule has 0 aliphatic carbocycles. The van der Waals surface area contributed by atoms with Crippen molar-refractivity contribution in [2.45, 2.75) is 30.6 Å². The molecule has 1 aromatic rings. The van der Waals surface area contributed by atoms with Gasteiger partial charge < -0.3 is 0 Å². The highest BCUT2D eigenvalue weighted by molar-refractivity contribution is 9.09. The van der Waals surface area contributed by atoms with Crippen LogP contribution in [0.3, 0.4) is 0 Å². The standard InChI is InChI=1S/C12H15BrOS/c13-10-6-2-5-9-12(14)15-11-7-3-1-4-8-11/h1,3-4,7-8H,2,5-6,9-10H2. The number of rotatable bonds is 6. The van der Waals surface area contributed by atoms with E-state index in [9.17, 15) is 4.79 Å². The van der Waals surface area contributed by atoms with Gasteiger partial charge >= 0.3 is 0 Å². The zero-order chi connectivity index (χ0) is 10.9. The minimum Gasteiger partial charge on any atom is -0.287 e. The van der Waals surface area contributed by atoms with Gasteiger partial charge in [-0.3, -0.25) is 4.79 Å². The van der Waals surface area contributed by atoms with E-state index in [1.165, 1.54) is 11.8 Å². The van der Waals surface area contributed by atoms with Crippen molar-refractivity contribution in [2.75, 3.05) is 5.33 Å². The number of halogens is 1. The Hall–Kier alpha value is -0.280. The lowest BCUT2D eigenvalue weighted by Crippen LogP contribution is -1.91. The molecule has 0 heterocycles. The fraction of sp³-hybridized carbons (Fsp3) is 0.417. The van der Waals surface area contributed by atoms with Crippen molar-refractivity contribution in [3.63, 3.8) is 0 Å². The van der Waals surface area contributed by atoms with Gasteiger partial charge in [-0.2, -0.15) is 0 Å². The fourth-order valence-electron chi connectivity index (χ4n) is 1.21. The first-order chi connectivity index (χ1) is 7.33. The van der Waals surface area contributed by atoms with Crippen LogP contribution in [0, 0.1) is 0 Å². The molecule has 3 heteroatoms. The molecule has 1 nitrogen and oxygen atoms in total. The van der Waals surface area contributed by atoms with E-state index in [1.807, 2.05) is 30.3 Å². The van der Waals surface area contributed by atoms with Crippen LogP contribution in [0.2, 0.25) is 0 Å². The zero-order valence-electron chi connectivity index (χ0n) is 8.62. The van der Waals surface area contributed by atoms with E-state index in [1.54, 1.807) is 0 Å². The molecule has 1 aromatic carbocycles. The van der Waals surface area contributed by atoms with Gasteiger partial charge in [0.2, 0.25) is 0 Å². The molecule has 0 aliphatic heterocycles. The molecule has 0 amide bonds. The second kappa shape index (κ2) is 7.94. The van der Waals surface area contributed by atoms with Gasteiger partial charge in [-0.15, -0.1) is 0 Å². The maximum Gasteiger partial charge on any atom is 0.193 e. The summed E-state index contributed by atoms with van der Waals surface area (Å²) >= 11 is 4.73. The molecule has 0 aromatic heterocycles. The topological polar surface area (TPSA) is 17.1 Å². The van der Waals surface area contributed by atoms with Crippen molar-refractivity contribution in [3.8, 4) is 0 Å². The van der Waals surface area contributed by atoms with Gasteiger partial charge in [0.05, 0.1) is 0 Å². The number of thioether (sulfide) groups is 1. The summed E-state index contributed by atoms with van der Waals surface area (Å²) < 4.78 is 0. The SMILES string of the molecule is O=C(CCCCCBr)Sc1ccccc1. The number of alkyl halides is 1. The first-order valence-electron chi connectivity index (χ1n) is 5.14. The molecule has 82 valence electrons. The van der Waals surface area contributed by atoms with E-state index < -0.39 is 0 Å². The van der Waals surface area contributed by atoms with Gasteiger partial charge in [-0.1, -0.05) is 52.3 Å². The van der Waals surface area contributed by atoms with Crippen LogP contribution < -0.4 is 0 Å². The van der Waals surface area contributed by atoms with Crippen molar-refractivity contribution in [2.24, 2.45) is 0 Å². The van der Waals surface area contributed by atoms with Gasteiger partial charge in [0.15, 0.2) is 5.12 Å². The van der Waals surface area contributed by atoms with Crippen molar-refractivity contribution >= 4 is 32.8 Å². The minimum absolute atomic E-state index is 0.274. The van der Waals surface area contributed by atoms with Gasteiger partial charge in [-0.05, 0) is 25.0 Å². The number of unbranched alkanes of at least 4 members (excludes halogenated alkanes) is 2. The van der Waals surface area contributed by atoms with Crippen molar-refractivity contribution in [1.29, 1.82) is 0 Å². The average molecular weight is 287 g/mol. The summed E-state index contributed by atoms with van der Waals surface area (Å²) in [6, 6.07) is 9.83. The highest BCUT2D eigenvalue weighted by Crippen LogP contribution is 2.20. The number of carbonyl (C=O) groups is 1. The molecule has 1 rings (SSSR count). The highest BCUT2D eigenvalue weighted by Gasteiger charge is 2.03. The van der Waals surface area contributed by atoms with Crippen LogP contribution in [0.1, 0.15) is 25.7 Å². The van der Waals surface area contributed by atoms with Crippen molar-refractivity contribution < 1.29 is 4.79 Å². The third-order valence-corrected chi connectivity index (χ3v) is 3.49. The van der Waals surface area contributed by atoms with Crippen LogP contribution in [-0.2, 0) is 4.79 Å². The monoisotopic (exact) mass is 286 g/mol. The molecular weight excluding hydrogens is 272 g/mol. The Labute approximate surface area is 104 Å². The van der Waals surface area contributed by atoms with Crippen molar-refractivity contribution in [3.05, 3.63) is 30.3 Å². The van der Waals surface area contributed by atoms with E-state index in [0.29, 0.717) is 6.42 Å². The number of hydrogen-bond acceptors (Lipinski definition) is 2. The van der Waals surface area contributed by atoms with Crippen LogP contribution in [0.25, 0.3) is 0 Å². The molecule has 0 aliphatic rings. The van der Waals surface area contributed by atoms with Gasteiger partial charge in [-0.25, -0.2) is 0 Å². The largest absolute Gasteiger partial charge is 0.287 e. The van der Waals surface area contributed by atoms with Crippen molar-refractivity contribution in [1.82, 2.24) is 0 Å². The van der Waals surface area contributed by atoms with Gasteiger partial charge in [0.25, 0.3) is 0 Å². The average Bonchev–Trinajstić information content (AvgIpc) is 2.26. The molecule has 0 spiro atoms. The lowest BCUT2D eigenvalue weighted by atomic mass is 10.2. The Balaban J connectivity index is 2.19. The molecule has 0 N–H and O–H groups in total. The van der Waals surface area contributed by atoms with E-state index >= 15 is 0 Å². The third kappa shape index (κ3) is 6.00. The first kappa shape index (κ1) is 12.8. The maximum atomic E-state index is 11.5. The zero-order valence-corrected chi connectivity index (χ0v) is 11.0. The lowest BCUT2D eigenvalue weighted by molar-refractivity contribution is -0.111. The smallest absolute Gasteiger partial charge is 0.193 e. The molecular formula is C12H15BrOS. The molecule has 0 saturated carbocycles. The molecule has 0 radical (unpaired) electrons. The third-order valence-electron chi connectivity index (χ3n) is 1.99. The Morgan fingerprint density at radius 3 is 2.53 bits per heavy atom. The van der Waals surface area contributed by atoms with Crippen LogP contribution in [0.4, 0.5) is 0 Å². The van der Waals surface area contributed by atoms with Gasteiger partial charge in [0, 0.05) is 16.6 Å². The van der Waals surface area contributed by atoms with Crippen LogP contribution >= 0.6 is 27.7 Å². The summed E-state index contributed by atoms with van der Waals surface area (Å²) in [5.74, 6) is 0. The summed E-state index contributed by atoms with van der Waals surface area (Å²) in [4.78, 5) is 12.6. The summed E-state index contributed by atoms with van der Waals surface area (Å²) in [7, 11) is 0. The second-order valence-corrected chi connectivity index (χ2v) is 5.21. The molecule has 0 fully saturated rings. The highest BCUT2D eigenvalue weighted by atomic mass is 79.9. The van der Waals surface area contributed by atoms with Crippen LogP contribution in [-0.4, -0.2) is 10.4 Å². The second-order valence-electron chi connectivity index (χ2n) is 3.29. The molecule has 0 saturated heterocycles. The maximum absolute atomic E-state index is 11.5. The first-order valence-corrected chi connectivity index (χ1v) is 7.08. The van der Waals surface area contributed by atoms with E-state index in [-0.39, 0.29) is 5.12 Å². The van der Waals surface area contributed by atoms with E-state index in [2.05, 4.69) is 15.9 Å². The molecule has 0 unspecified atom stereocenters. The Morgan fingerprint density at radius 1 is 1.13 bits per heavy atom. The molecule has 0 atom stereocenters. The quantitative estimate of drug-likeness (QED) is 0.442. The number of carbonyl (C=O) groups excluding carboxylic acids is 1. The van der Waals surface area contributed by atoms with E-state index in [0.717, 1.165) is 29.5 Å². The summed E-state index contributed by atoms with van der Waals surface area (Å²) in [5, 5.41) is 1.31. The van der Waals surface area contributed by atoms with Crippen LogP contribution in [0.5, 0.6) is 0 Å². The molecule has 0 bridgehead atoms. The van der Waals surface area contributed by atoms with Crippen LogP contribution in [0.15, 0.2) is 35.2 Å². The molecule has 15 heavy (non-hydrogen) atoms. The fourth-order valence-corrected chi connectivity index (χ4v) is 2.41. The van der Waals surface area contributed by atoms with E-state index in [4.69, 9.17) is 0 Å². The summed E-state index contributed by atoms with van der Waals surface area (Å²) in [6.07, 6.45) is 3.98. The predicted octanol–water partition coefficient (Wildman–Crippen LogP) is 4.26. The Kier molecular flexibility index (Phi) is 6.77. The normalized spacial score (nSPS) is 10.2. The number of benzene rings is 1.